The molecule has 1 heterocycles. The lowest BCUT2D eigenvalue weighted by atomic mass is 9.43. The van der Waals surface area contributed by atoms with Gasteiger partial charge >= 0.3 is 11.9 Å². The Bertz CT molecular complexity index is 1360. The van der Waals surface area contributed by atoms with Crippen molar-refractivity contribution in [1.29, 1.82) is 0 Å². The number of carbonyl (C=O) groups excluding carboxylic acids is 2. The van der Waals surface area contributed by atoms with E-state index in [1.54, 1.807) is 59.8 Å². The molecule has 11 nitrogen and oxygen atoms in total. The summed E-state index contributed by atoms with van der Waals surface area (Å²) in [6, 6.07) is 6.66. The fourth-order valence-electron chi connectivity index (χ4n) is 12.4. The molecule has 1 spiro atoms. The van der Waals surface area contributed by atoms with Gasteiger partial charge in [0.2, 0.25) is 0 Å². The van der Waals surface area contributed by atoms with Gasteiger partial charge in [-0.05, 0) is 56.0 Å². The van der Waals surface area contributed by atoms with Gasteiger partial charge in [-0.3, -0.25) is 9.69 Å². The summed E-state index contributed by atoms with van der Waals surface area (Å²) < 4.78 is 43.6. The minimum atomic E-state index is -1.51. The lowest BCUT2D eigenvalue weighted by Gasteiger charge is -2.69. The van der Waals surface area contributed by atoms with Crippen molar-refractivity contribution >= 4 is 11.9 Å². The zero-order chi connectivity index (χ0) is 32.8. The number of carbonyl (C=O) groups is 2. The molecule has 11 heteroatoms. The standard InChI is InChI=1S/C35H49NO10/c1-8-36-17-32(18-40-3)14-13-23(42-5)35-22-15-33(39)24(43-6)16-34(46-19(2)37,26(29(35)36)27(44-7)28(32)35)25(22)30(33)45-31(38)20-9-11-21(41-4)12-10-20/h9-12,22-30,39H,8,13-18H2,1-7H3/t22-,23?,24+,25-,26+,27+,28-,29?,30-,32+,33+,34-,35+/m1/s1. The van der Waals surface area contributed by atoms with E-state index in [9.17, 15) is 14.7 Å². The molecule has 1 aromatic carbocycles. The van der Waals surface area contributed by atoms with Gasteiger partial charge in [0.15, 0.2) is 0 Å². The maximum Gasteiger partial charge on any atom is 0.338 e. The number of piperidine rings is 1. The summed E-state index contributed by atoms with van der Waals surface area (Å²) in [4.78, 5) is 29.7. The van der Waals surface area contributed by atoms with Crippen molar-refractivity contribution in [3.8, 4) is 5.75 Å². The number of aliphatic hydroxyl groups is 1. The Kier molecular flexibility index (Phi) is 7.81. The molecule has 2 unspecified atom stereocenters. The van der Waals surface area contributed by atoms with Gasteiger partial charge in [-0.25, -0.2) is 4.79 Å². The zero-order valence-electron chi connectivity index (χ0n) is 28.0. The molecule has 5 saturated carbocycles. The highest BCUT2D eigenvalue weighted by Gasteiger charge is 2.89. The number of rotatable bonds is 10. The SMILES string of the molecule is CCN1C[C@]2(COC)CCC(OC)[C@]34C1[C@H]([C@H](OC)[C@H]23)[C@@]1(OC(C)=O)C[C@H](OC)[C@@]2(O)C[C@@H]4[C@@H]1[C@H]2OC(=O)c1ccc(OC)cc1. The van der Waals surface area contributed by atoms with Crippen LogP contribution in [0, 0.1) is 34.5 Å². The predicted octanol–water partition coefficient (Wildman–Crippen LogP) is 2.72. The summed E-state index contributed by atoms with van der Waals surface area (Å²) in [5.74, 6) is -1.38. The average molecular weight is 644 g/mol. The molecule has 1 aliphatic heterocycles. The smallest absolute Gasteiger partial charge is 0.338 e. The summed E-state index contributed by atoms with van der Waals surface area (Å²) in [5.41, 5.74) is -3.03. The quantitative estimate of drug-likeness (QED) is 0.379. The Morgan fingerprint density at radius 2 is 1.70 bits per heavy atom. The first-order valence-electron chi connectivity index (χ1n) is 16.6. The molecule has 1 saturated heterocycles. The number of fused-ring (bicyclic) bond motifs is 2. The molecule has 7 rings (SSSR count). The third-order valence-electron chi connectivity index (χ3n) is 13.3. The second-order valence-corrected chi connectivity index (χ2v) is 14.6. The summed E-state index contributed by atoms with van der Waals surface area (Å²) in [6.07, 6.45) is 0.142. The first kappa shape index (κ1) is 32.3. The normalized spacial score (nSPS) is 46.6. The van der Waals surface area contributed by atoms with Crippen molar-refractivity contribution in [2.75, 3.05) is 55.2 Å². The molecular formula is C35H49NO10. The van der Waals surface area contributed by atoms with Gasteiger partial charge in [0.1, 0.15) is 23.1 Å². The fourth-order valence-corrected chi connectivity index (χ4v) is 12.4. The third-order valence-corrected chi connectivity index (χ3v) is 13.3. The molecule has 0 amide bonds. The average Bonchev–Trinajstić information content (AvgIpc) is 3.42. The minimum Gasteiger partial charge on any atom is -0.497 e. The molecule has 13 atom stereocenters. The van der Waals surface area contributed by atoms with Crippen LogP contribution >= 0.6 is 0 Å². The van der Waals surface area contributed by atoms with E-state index in [0.29, 0.717) is 24.3 Å². The molecule has 1 N–H and O–H groups in total. The van der Waals surface area contributed by atoms with Crippen LogP contribution in [0.25, 0.3) is 0 Å². The predicted molar refractivity (Wildman–Crippen MR) is 164 cm³/mol. The zero-order valence-corrected chi connectivity index (χ0v) is 28.0. The van der Waals surface area contributed by atoms with Crippen LogP contribution in [0.2, 0.25) is 0 Å². The maximum atomic E-state index is 13.9. The minimum absolute atomic E-state index is 0.00534. The van der Waals surface area contributed by atoms with Crippen LogP contribution in [0.1, 0.15) is 49.9 Å². The van der Waals surface area contributed by atoms with Gasteiger partial charge in [0.25, 0.3) is 0 Å². The number of benzene rings is 1. The number of hydrogen-bond donors (Lipinski definition) is 1. The van der Waals surface area contributed by atoms with Crippen LogP contribution in [-0.2, 0) is 33.2 Å². The third kappa shape index (κ3) is 3.87. The van der Waals surface area contributed by atoms with E-state index in [4.69, 9.17) is 33.2 Å². The topological polar surface area (TPSA) is 122 Å². The highest BCUT2D eigenvalue weighted by Crippen LogP contribution is 2.80. The largest absolute Gasteiger partial charge is 0.497 e. The second kappa shape index (κ2) is 11.1. The summed E-state index contributed by atoms with van der Waals surface area (Å²) >= 11 is 0. The first-order chi connectivity index (χ1) is 22.1. The fraction of sp³-hybridized carbons (Fsp3) is 0.771. The van der Waals surface area contributed by atoms with Gasteiger partial charge < -0.3 is 38.3 Å². The van der Waals surface area contributed by atoms with Gasteiger partial charge in [-0.2, -0.15) is 0 Å². The Hall–Kier alpha value is -2.28. The van der Waals surface area contributed by atoms with Crippen LogP contribution in [0.4, 0.5) is 0 Å². The van der Waals surface area contributed by atoms with Crippen molar-refractivity contribution in [1.82, 2.24) is 4.90 Å². The number of esters is 2. The summed E-state index contributed by atoms with van der Waals surface area (Å²) in [7, 11) is 8.44. The lowest BCUT2D eigenvalue weighted by Crippen LogP contribution is -2.77. The molecule has 0 radical (unpaired) electrons. The number of hydrogen-bond acceptors (Lipinski definition) is 11. The van der Waals surface area contributed by atoms with Crippen molar-refractivity contribution in [2.24, 2.45) is 34.5 Å². The van der Waals surface area contributed by atoms with Crippen molar-refractivity contribution < 1.29 is 47.9 Å². The molecule has 1 aromatic rings. The number of nitrogens with zero attached hydrogens (tertiary/aromatic N) is 1. The van der Waals surface area contributed by atoms with Gasteiger partial charge in [-0.1, -0.05) is 6.92 Å². The highest BCUT2D eigenvalue weighted by molar-refractivity contribution is 5.89. The second-order valence-electron chi connectivity index (χ2n) is 14.6. The van der Waals surface area contributed by atoms with Gasteiger partial charge in [0.05, 0.1) is 37.6 Å². The molecular weight excluding hydrogens is 594 g/mol. The van der Waals surface area contributed by atoms with E-state index in [1.807, 2.05) is 0 Å². The van der Waals surface area contributed by atoms with Gasteiger partial charge in [-0.15, -0.1) is 0 Å². The number of likely N-dealkylation sites (tertiary alicyclic amines) is 1. The number of methoxy groups -OCH3 is 5. The molecule has 0 aromatic heterocycles. The maximum absolute atomic E-state index is 13.9. The molecule has 46 heavy (non-hydrogen) atoms. The monoisotopic (exact) mass is 643 g/mol. The van der Waals surface area contributed by atoms with Crippen molar-refractivity contribution in [3.63, 3.8) is 0 Å². The van der Waals surface area contributed by atoms with E-state index >= 15 is 0 Å². The molecule has 6 fully saturated rings. The van der Waals surface area contributed by atoms with E-state index in [-0.39, 0.29) is 47.8 Å². The van der Waals surface area contributed by atoms with Crippen molar-refractivity contribution in [3.05, 3.63) is 29.8 Å². The van der Waals surface area contributed by atoms with Crippen molar-refractivity contribution in [2.45, 2.75) is 81.2 Å². The Morgan fingerprint density at radius 1 is 0.978 bits per heavy atom. The molecule has 7 bridgehead atoms. The molecule has 5 aliphatic carbocycles. The van der Waals surface area contributed by atoms with E-state index in [2.05, 4.69) is 11.8 Å². The molecule has 254 valence electrons. The molecule has 6 aliphatic rings. The summed E-state index contributed by atoms with van der Waals surface area (Å²) in [6.45, 7) is 5.80. The van der Waals surface area contributed by atoms with Crippen LogP contribution in [0.3, 0.4) is 0 Å². The first-order valence-corrected chi connectivity index (χ1v) is 16.6. The highest BCUT2D eigenvalue weighted by atomic mass is 16.6. The Balaban J connectivity index is 1.46. The summed E-state index contributed by atoms with van der Waals surface area (Å²) in [5, 5.41) is 12.8. The van der Waals surface area contributed by atoms with Crippen LogP contribution < -0.4 is 4.74 Å². The number of ether oxygens (including phenoxy) is 7. The van der Waals surface area contributed by atoms with Gasteiger partial charge in [0, 0.05) is 83.0 Å². The lowest BCUT2D eigenvalue weighted by molar-refractivity contribution is -0.287. The Morgan fingerprint density at radius 3 is 2.28 bits per heavy atom. The Labute approximate surface area is 271 Å². The van der Waals surface area contributed by atoms with E-state index in [1.165, 1.54) is 6.92 Å². The van der Waals surface area contributed by atoms with Crippen LogP contribution in [0.15, 0.2) is 24.3 Å². The van der Waals surface area contributed by atoms with Crippen LogP contribution in [0.5, 0.6) is 5.75 Å². The van der Waals surface area contributed by atoms with E-state index < -0.39 is 46.7 Å². The van der Waals surface area contributed by atoms with E-state index in [0.717, 1.165) is 25.9 Å². The van der Waals surface area contributed by atoms with Crippen LogP contribution in [-0.4, -0.2) is 119 Å².